The third-order valence-electron chi connectivity index (χ3n) is 4.49. The van der Waals surface area contributed by atoms with E-state index in [1.54, 1.807) is 0 Å². The van der Waals surface area contributed by atoms with Crippen LogP contribution in [0.25, 0.3) is 0 Å². The number of hydrogen-bond acceptors (Lipinski definition) is 3. The standard InChI is InChI=1S/C18H35BO3Si/c1-17(2)18(3,4)22-19(21-17)13-10-12-16(11-8-9-14-20)15-23(5,6)7/h10,13,15,20H,8-9,11-12,14H2,1-7H3/b13-10+,16-15+. The van der Waals surface area contributed by atoms with Crippen LogP contribution in [0.3, 0.4) is 0 Å². The fraction of sp³-hybridized carbons (Fsp3) is 0.778. The second-order valence-electron chi connectivity index (χ2n) is 8.61. The predicted octanol–water partition coefficient (Wildman–Crippen LogP) is 4.53. The van der Waals surface area contributed by atoms with E-state index in [9.17, 15) is 0 Å². The van der Waals surface area contributed by atoms with Crippen LogP contribution >= 0.6 is 0 Å². The van der Waals surface area contributed by atoms with Crippen molar-refractivity contribution in [3.63, 3.8) is 0 Å². The molecule has 1 aliphatic rings. The fourth-order valence-corrected chi connectivity index (χ4v) is 4.09. The van der Waals surface area contributed by atoms with E-state index in [2.05, 4.69) is 59.1 Å². The van der Waals surface area contributed by atoms with Crippen molar-refractivity contribution in [2.24, 2.45) is 0 Å². The summed E-state index contributed by atoms with van der Waals surface area (Å²) in [5.41, 5.74) is 3.41. The third kappa shape index (κ3) is 6.96. The molecule has 1 N–H and O–H groups in total. The zero-order chi connectivity index (χ0) is 17.7. The van der Waals surface area contributed by atoms with Crippen molar-refractivity contribution in [1.29, 1.82) is 0 Å². The van der Waals surface area contributed by atoms with Crippen LogP contribution < -0.4 is 0 Å². The Morgan fingerprint density at radius 1 is 1.04 bits per heavy atom. The highest BCUT2D eigenvalue weighted by Gasteiger charge is 2.49. The maximum atomic E-state index is 8.97. The molecule has 1 heterocycles. The molecule has 1 saturated heterocycles. The van der Waals surface area contributed by atoms with Crippen molar-refractivity contribution in [2.45, 2.75) is 84.2 Å². The SMILES string of the molecule is CC1(C)OB(/C=C/C/C(=C/[Si](C)(C)C)CCCCO)OC1(C)C. The highest BCUT2D eigenvalue weighted by molar-refractivity contribution is 6.81. The Balaban J connectivity index is 2.63. The van der Waals surface area contributed by atoms with Gasteiger partial charge in [0.15, 0.2) is 0 Å². The summed E-state index contributed by atoms with van der Waals surface area (Å²) >= 11 is 0. The number of unbranched alkanes of at least 4 members (excludes halogenated alkanes) is 1. The molecule has 3 nitrogen and oxygen atoms in total. The predicted molar refractivity (Wildman–Crippen MR) is 102 cm³/mol. The lowest BCUT2D eigenvalue weighted by molar-refractivity contribution is 0.00578. The van der Waals surface area contributed by atoms with Crippen LogP contribution in [0, 0.1) is 0 Å². The van der Waals surface area contributed by atoms with Crippen LogP contribution in [0.1, 0.15) is 53.4 Å². The van der Waals surface area contributed by atoms with E-state index < -0.39 is 8.07 Å². The van der Waals surface area contributed by atoms with Gasteiger partial charge in [-0.2, -0.15) is 0 Å². The fourth-order valence-electron chi connectivity index (χ4n) is 2.61. The lowest BCUT2D eigenvalue weighted by Crippen LogP contribution is -2.41. The maximum Gasteiger partial charge on any atom is 0.486 e. The maximum absolute atomic E-state index is 8.97. The average molecular weight is 338 g/mol. The molecule has 0 saturated carbocycles. The zero-order valence-electron chi connectivity index (χ0n) is 16.1. The van der Waals surface area contributed by atoms with Crippen molar-refractivity contribution in [1.82, 2.24) is 0 Å². The van der Waals surface area contributed by atoms with Gasteiger partial charge in [-0.25, -0.2) is 0 Å². The Hall–Kier alpha value is -0.358. The first-order chi connectivity index (χ1) is 10.5. The zero-order valence-corrected chi connectivity index (χ0v) is 17.1. The van der Waals surface area contributed by atoms with E-state index >= 15 is 0 Å². The molecule has 0 aromatic heterocycles. The molecule has 23 heavy (non-hydrogen) atoms. The van der Waals surface area contributed by atoms with Gasteiger partial charge in [0.05, 0.1) is 19.3 Å². The van der Waals surface area contributed by atoms with Gasteiger partial charge >= 0.3 is 7.12 Å². The molecule has 0 unspecified atom stereocenters. The summed E-state index contributed by atoms with van der Waals surface area (Å²) in [5, 5.41) is 8.97. The monoisotopic (exact) mass is 338 g/mol. The molecule has 1 rings (SSSR count). The molecule has 0 aromatic carbocycles. The third-order valence-corrected chi connectivity index (χ3v) is 5.76. The Kier molecular flexibility index (Phi) is 7.33. The molecule has 0 atom stereocenters. The molecular weight excluding hydrogens is 303 g/mol. The molecular formula is C18H35BO3Si. The van der Waals surface area contributed by atoms with E-state index in [1.165, 1.54) is 5.57 Å². The van der Waals surface area contributed by atoms with Crippen molar-refractivity contribution in [2.75, 3.05) is 6.61 Å². The van der Waals surface area contributed by atoms with Crippen molar-refractivity contribution in [3.05, 3.63) is 23.3 Å². The van der Waals surface area contributed by atoms with Gasteiger partial charge in [0.2, 0.25) is 0 Å². The van der Waals surface area contributed by atoms with Crippen LogP contribution in [0.4, 0.5) is 0 Å². The lowest BCUT2D eigenvalue weighted by atomic mass is 9.89. The summed E-state index contributed by atoms with van der Waals surface area (Å²) < 4.78 is 12.0. The summed E-state index contributed by atoms with van der Waals surface area (Å²) in [7, 11) is -1.49. The molecule has 5 heteroatoms. The molecule has 0 radical (unpaired) electrons. The van der Waals surface area contributed by atoms with Crippen LogP contribution in [-0.4, -0.2) is 38.1 Å². The van der Waals surface area contributed by atoms with Crippen molar-refractivity contribution < 1.29 is 14.4 Å². The van der Waals surface area contributed by atoms with Gasteiger partial charge in [0, 0.05) is 6.61 Å². The van der Waals surface area contributed by atoms with Gasteiger partial charge < -0.3 is 14.4 Å². The number of allylic oxidation sites excluding steroid dienone is 2. The van der Waals surface area contributed by atoms with E-state index in [4.69, 9.17) is 14.4 Å². The van der Waals surface area contributed by atoms with Crippen molar-refractivity contribution in [3.8, 4) is 0 Å². The van der Waals surface area contributed by atoms with E-state index in [0.717, 1.165) is 25.7 Å². The molecule has 132 valence electrons. The highest BCUT2D eigenvalue weighted by Crippen LogP contribution is 2.36. The van der Waals surface area contributed by atoms with Crippen LogP contribution in [0.2, 0.25) is 19.6 Å². The molecule has 1 fully saturated rings. The topological polar surface area (TPSA) is 38.7 Å². The summed E-state index contributed by atoms with van der Waals surface area (Å²) in [5.74, 6) is 2.04. The molecule has 0 aromatic rings. The number of rotatable bonds is 8. The first-order valence-electron chi connectivity index (χ1n) is 8.81. The molecule has 0 aliphatic carbocycles. The van der Waals surface area contributed by atoms with Gasteiger partial charge in [-0.05, 0) is 53.4 Å². The van der Waals surface area contributed by atoms with E-state index in [0.29, 0.717) is 0 Å². The normalized spacial score (nSPS) is 21.4. The Labute approximate surface area is 144 Å². The van der Waals surface area contributed by atoms with Gasteiger partial charge in [-0.1, -0.05) is 43.0 Å². The Morgan fingerprint density at radius 3 is 2.09 bits per heavy atom. The minimum Gasteiger partial charge on any atom is -0.400 e. The molecule has 0 amide bonds. The molecule has 0 spiro atoms. The quantitative estimate of drug-likeness (QED) is 0.522. The number of hydrogen-bond donors (Lipinski definition) is 1. The van der Waals surface area contributed by atoms with Crippen LogP contribution in [-0.2, 0) is 9.31 Å². The second kappa shape index (κ2) is 8.15. The molecule has 1 aliphatic heterocycles. The molecule has 0 bridgehead atoms. The number of aliphatic hydroxyl groups is 1. The smallest absolute Gasteiger partial charge is 0.400 e. The minimum absolute atomic E-state index is 0.259. The average Bonchev–Trinajstić information content (AvgIpc) is 2.55. The number of aliphatic hydroxyl groups excluding tert-OH is 1. The summed E-state index contributed by atoms with van der Waals surface area (Å²) in [6.07, 6.45) is 6.12. The van der Waals surface area contributed by atoms with Crippen LogP contribution in [0.15, 0.2) is 23.3 Å². The first-order valence-corrected chi connectivity index (χ1v) is 12.4. The Morgan fingerprint density at radius 2 is 1.61 bits per heavy atom. The Bertz CT molecular complexity index is 420. The summed E-state index contributed by atoms with van der Waals surface area (Å²) in [6.45, 7) is 15.7. The van der Waals surface area contributed by atoms with Crippen LogP contribution in [0.5, 0.6) is 0 Å². The van der Waals surface area contributed by atoms with E-state index in [-0.39, 0.29) is 24.9 Å². The summed E-state index contributed by atoms with van der Waals surface area (Å²) in [4.78, 5) is 0. The van der Waals surface area contributed by atoms with Gasteiger partial charge in [0.25, 0.3) is 0 Å². The summed E-state index contributed by atoms with van der Waals surface area (Å²) in [6, 6.07) is 0. The first kappa shape index (κ1) is 20.7. The minimum atomic E-state index is -1.23. The lowest BCUT2D eigenvalue weighted by Gasteiger charge is -2.32. The second-order valence-corrected chi connectivity index (χ2v) is 13.6. The van der Waals surface area contributed by atoms with Gasteiger partial charge in [-0.15, -0.1) is 0 Å². The van der Waals surface area contributed by atoms with Gasteiger partial charge in [-0.3, -0.25) is 0 Å². The van der Waals surface area contributed by atoms with Gasteiger partial charge in [0.1, 0.15) is 0 Å². The largest absolute Gasteiger partial charge is 0.486 e. The highest BCUT2D eigenvalue weighted by atomic mass is 28.3. The van der Waals surface area contributed by atoms with E-state index in [1.807, 2.05) is 5.98 Å². The van der Waals surface area contributed by atoms with Crippen molar-refractivity contribution >= 4 is 15.2 Å².